The number of carbonyl (C=O) groups is 2. The molecule has 0 aliphatic heterocycles. The van der Waals surface area contributed by atoms with Gasteiger partial charge in [-0.2, -0.15) is 0 Å². The largest absolute Gasteiger partial charge is 0.450 e. The SMILES string of the molecule is CCOC(=O)Nc1ccc(NC(=O)c2cc(N(C)C)c3ccccc3n2)cc1. The number of pyridine rings is 1. The van der Waals surface area contributed by atoms with E-state index in [2.05, 4.69) is 15.6 Å². The van der Waals surface area contributed by atoms with Crippen LogP contribution in [0.5, 0.6) is 0 Å². The second kappa shape index (κ2) is 8.39. The van der Waals surface area contributed by atoms with Crippen molar-refractivity contribution in [2.75, 3.05) is 36.2 Å². The van der Waals surface area contributed by atoms with Crippen molar-refractivity contribution >= 4 is 40.0 Å². The second-order valence-electron chi connectivity index (χ2n) is 6.32. The molecular formula is C21H22N4O3. The highest BCUT2D eigenvalue weighted by Gasteiger charge is 2.13. The van der Waals surface area contributed by atoms with Gasteiger partial charge in [-0.15, -0.1) is 0 Å². The number of anilines is 3. The van der Waals surface area contributed by atoms with E-state index in [1.54, 1.807) is 37.3 Å². The highest BCUT2D eigenvalue weighted by molar-refractivity contribution is 6.06. The molecule has 1 aromatic heterocycles. The maximum absolute atomic E-state index is 12.7. The molecule has 144 valence electrons. The van der Waals surface area contributed by atoms with Gasteiger partial charge in [-0.3, -0.25) is 10.1 Å². The van der Waals surface area contributed by atoms with E-state index in [0.717, 1.165) is 16.6 Å². The monoisotopic (exact) mass is 378 g/mol. The summed E-state index contributed by atoms with van der Waals surface area (Å²) in [6.07, 6.45) is -0.518. The minimum absolute atomic E-state index is 0.299. The topological polar surface area (TPSA) is 83.6 Å². The zero-order valence-corrected chi connectivity index (χ0v) is 16.0. The number of nitrogens with zero attached hydrogens (tertiary/aromatic N) is 2. The Labute approximate surface area is 163 Å². The second-order valence-corrected chi connectivity index (χ2v) is 6.32. The molecule has 7 nitrogen and oxygen atoms in total. The number of rotatable bonds is 5. The van der Waals surface area contributed by atoms with Crippen LogP contribution in [-0.2, 0) is 4.74 Å². The van der Waals surface area contributed by atoms with Gasteiger partial charge in [0.25, 0.3) is 5.91 Å². The summed E-state index contributed by atoms with van der Waals surface area (Å²) in [5.74, 6) is -0.306. The van der Waals surface area contributed by atoms with Gasteiger partial charge >= 0.3 is 6.09 Å². The quantitative estimate of drug-likeness (QED) is 0.698. The Hall–Kier alpha value is -3.61. The lowest BCUT2D eigenvalue weighted by atomic mass is 10.1. The zero-order chi connectivity index (χ0) is 20.1. The number of ether oxygens (including phenoxy) is 1. The van der Waals surface area contributed by atoms with Gasteiger partial charge < -0.3 is 15.0 Å². The molecule has 0 saturated heterocycles. The Balaban J connectivity index is 1.78. The molecule has 3 rings (SSSR count). The van der Waals surface area contributed by atoms with Crippen molar-refractivity contribution in [3.63, 3.8) is 0 Å². The van der Waals surface area contributed by atoms with E-state index in [0.29, 0.717) is 23.7 Å². The highest BCUT2D eigenvalue weighted by atomic mass is 16.5. The summed E-state index contributed by atoms with van der Waals surface area (Å²) < 4.78 is 4.83. The molecule has 0 bridgehead atoms. The van der Waals surface area contributed by atoms with Crippen LogP contribution in [0.1, 0.15) is 17.4 Å². The van der Waals surface area contributed by atoms with Crippen LogP contribution in [0.25, 0.3) is 10.9 Å². The predicted octanol–water partition coefficient (Wildman–Crippen LogP) is 4.12. The third kappa shape index (κ3) is 4.37. The van der Waals surface area contributed by atoms with Gasteiger partial charge in [-0.25, -0.2) is 9.78 Å². The summed E-state index contributed by atoms with van der Waals surface area (Å²) in [5.41, 5.74) is 3.18. The Kier molecular flexibility index (Phi) is 5.74. The fourth-order valence-electron chi connectivity index (χ4n) is 2.76. The molecule has 0 saturated carbocycles. The first-order valence-electron chi connectivity index (χ1n) is 8.90. The molecule has 2 N–H and O–H groups in total. The zero-order valence-electron chi connectivity index (χ0n) is 16.0. The number of nitrogens with one attached hydrogen (secondary N) is 2. The average molecular weight is 378 g/mol. The lowest BCUT2D eigenvalue weighted by molar-refractivity contribution is 0.102. The molecule has 0 aliphatic carbocycles. The molecule has 0 unspecified atom stereocenters. The fourth-order valence-corrected chi connectivity index (χ4v) is 2.76. The standard InChI is InChI=1S/C21H22N4O3/c1-4-28-21(27)23-15-11-9-14(10-12-15)22-20(26)18-13-19(25(2)3)16-7-5-6-8-17(16)24-18/h5-13H,4H2,1-3H3,(H,22,26)(H,23,27). The smallest absolute Gasteiger partial charge is 0.411 e. The molecule has 1 heterocycles. The Morgan fingerprint density at radius 1 is 1.00 bits per heavy atom. The van der Waals surface area contributed by atoms with Gasteiger partial charge in [0.2, 0.25) is 0 Å². The van der Waals surface area contributed by atoms with Crippen LogP contribution in [0.3, 0.4) is 0 Å². The van der Waals surface area contributed by atoms with Crippen LogP contribution in [0.2, 0.25) is 0 Å². The number of fused-ring (bicyclic) bond motifs is 1. The van der Waals surface area contributed by atoms with Crippen LogP contribution in [0.4, 0.5) is 21.9 Å². The molecule has 0 atom stereocenters. The Morgan fingerprint density at radius 2 is 1.64 bits per heavy atom. The summed E-state index contributed by atoms with van der Waals surface area (Å²) >= 11 is 0. The van der Waals surface area contributed by atoms with Gasteiger partial charge in [0.1, 0.15) is 5.69 Å². The summed E-state index contributed by atoms with van der Waals surface area (Å²) in [6, 6.07) is 16.3. The number of hydrogen-bond donors (Lipinski definition) is 2. The van der Waals surface area contributed by atoms with E-state index >= 15 is 0 Å². The van der Waals surface area contributed by atoms with Crippen LogP contribution >= 0.6 is 0 Å². The van der Waals surface area contributed by atoms with E-state index in [-0.39, 0.29) is 5.91 Å². The van der Waals surface area contributed by atoms with Crippen molar-refractivity contribution in [3.8, 4) is 0 Å². The van der Waals surface area contributed by atoms with Crippen LogP contribution in [0, 0.1) is 0 Å². The number of hydrogen-bond acceptors (Lipinski definition) is 5. The van der Waals surface area contributed by atoms with Gasteiger partial charge in [0.05, 0.1) is 12.1 Å². The lowest BCUT2D eigenvalue weighted by Crippen LogP contribution is -2.16. The third-order valence-corrected chi connectivity index (χ3v) is 4.07. The van der Waals surface area contributed by atoms with Crippen molar-refractivity contribution < 1.29 is 14.3 Å². The first-order chi connectivity index (χ1) is 13.5. The van der Waals surface area contributed by atoms with Crippen molar-refractivity contribution in [2.24, 2.45) is 0 Å². The first kappa shape index (κ1) is 19.2. The number of aromatic nitrogens is 1. The molecule has 0 aliphatic rings. The van der Waals surface area contributed by atoms with Crippen LogP contribution in [-0.4, -0.2) is 37.7 Å². The molecular weight excluding hydrogens is 356 g/mol. The van der Waals surface area contributed by atoms with Crippen molar-refractivity contribution in [1.29, 1.82) is 0 Å². The Bertz CT molecular complexity index is 1000. The predicted molar refractivity (Wildman–Crippen MR) is 111 cm³/mol. The number of amides is 2. The summed E-state index contributed by atoms with van der Waals surface area (Å²) in [7, 11) is 3.86. The van der Waals surface area contributed by atoms with Crippen molar-refractivity contribution in [2.45, 2.75) is 6.92 Å². The molecule has 7 heteroatoms. The van der Waals surface area contributed by atoms with Crippen LogP contribution < -0.4 is 15.5 Å². The van der Waals surface area contributed by atoms with Gasteiger partial charge in [-0.05, 0) is 43.3 Å². The number of carbonyl (C=O) groups excluding carboxylic acids is 2. The molecule has 0 fully saturated rings. The summed E-state index contributed by atoms with van der Waals surface area (Å²) in [6.45, 7) is 2.04. The van der Waals surface area contributed by atoms with Gasteiger partial charge in [0, 0.05) is 36.5 Å². The van der Waals surface area contributed by atoms with E-state index in [1.165, 1.54) is 0 Å². The first-order valence-corrected chi connectivity index (χ1v) is 8.90. The molecule has 2 amide bonds. The third-order valence-electron chi connectivity index (χ3n) is 4.07. The normalized spacial score (nSPS) is 10.4. The van der Waals surface area contributed by atoms with E-state index < -0.39 is 6.09 Å². The van der Waals surface area contributed by atoms with Crippen molar-refractivity contribution in [1.82, 2.24) is 4.98 Å². The minimum atomic E-state index is -0.518. The van der Waals surface area contributed by atoms with E-state index in [1.807, 2.05) is 43.3 Å². The molecule has 3 aromatic rings. The lowest BCUT2D eigenvalue weighted by Gasteiger charge is -2.16. The molecule has 28 heavy (non-hydrogen) atoms. The van der Waals surface area contributed by atoms with E-state index in [9.17, 15) is 9.59 Å². The van der Waals surface area contributed by atoms with Crippen molar-refractivity contribution in [3.05, 3.63) is 60.3 Å². The summed E-state index contributed by atoms with van der Waals surface area (Å²) in [4.78, 5) is 30.6. The maximum Gasteiger partial charge on any atom is 0.411 e. The van der Waals surface area contributed by atoms with E-state index in [4.69, 9.17) is 4.74 Å². The number of para-hydroxylation sites is 1. The average Bonchev–Trinajstić information content (AvgIpc) is 2.68. The summed E-state index contributed by atoms with van der Waals surface area (Å²) in [5, 5.41) is 6.42. The highest BCUT2D eigenvalue weighted by Crippen LogP contribution is 2.25. The maximum atomic E-state index is 12.7. The van der Waals surface area contributed by atoms with Gasteiger partial charge in [0.15, 0.2) is 0 Å². The molecule has 0 radical (unpaired) electrons. The molecule has 2 aromatic carbocycles. The number of benzene rings is 2. The van der Waals surface area contributed by atoms with Crippen LogP contribution in [0.15, 0.2) is 54.6 Å². The molecule has 0 spiro atoms. The van der Waals surface area contributed by atoms with Gasteiger partial charge in [-0.1, -0.05) is 18.2 Å². The fraction of sp³-hybridized carbons (Fsp3) is 0.190. The Morgan fingerprint density at radius 3 is 2.29 bits per heavy atom. The minimum Gasteiger partial charge on any atom is -0.450 e.